The van der Waals surface area contributed by atoms with E-state index in [4.69, 9.17) is 4.74 Å². The second-order valence-corrected chi connectivity index (χ2v) is 4.19. The first-order chi connectivity index (χ1) is 6.18. The summed E-state index contributed by atoms with van der Waals surface area (Å²) < 4.78 is 6.67. The zero-order valence-electron chi connectivity index (χ0n) is 7.80. The lowest BCUT2D eigenvalue weighted by atomic mass is 10.2. The Balaban J connectivity index is 2.52. The van der Waals surface area contributed by atoms with Gasteiger partial charge >= 0.3 is 0 Å². The first-order valence-electron chi connectivity index (χ1n) is 4.32. The molecule has 1 aliphatic rings. The van der Waals surface area contributed by atoms with E-state index < -0.39 is 0 Å². The van der Waals surface area contributed by atoms with Gasteiger partial charge in [-0.1, -0.05) is 15.9 Å². The number of aryl methyl sites for hydroxylation is 1. The number of ether oxygens (including phenoxy) is 1. The number of hydrogen-bond donors (Lipinski definition) is 0. The molecule has 0 aromatic heterocycles. The summed E-state index contributed by atoms with van der Waals surface area (Å²) in [6.45, 7) is 3.83. The van der Waals surface area contributed by atoms with E-state index in [1.807, 2.05) is 6.07 Å². The van der Waals surface area contributed by atoms with Crippen LogP contribution in [0.3, 0.4) is 0 Å². The van der Waals surface area contributed by atoms with Crippen molar-refractivity contribution in [1.29, 1.82) is 0 Å². The van der Waals surface area contributed by atoms with Gasteiger partial charge in [-0.15, -0.1) is 0 Å². The normalized spacial score (nSPS) is 15.2. The zero-order chi connectivity index (χ0) is 9.42. The summed E-state index contributed by atoms with van der Waals surface area (Å²) in [6.07, 6.45) is 0. The number of rotatable bonds is 0. The quantitative estimate of drug-likeness (QED) is 0.693. The van der Waals surface area contributed by atoms with Crippen LogP contribution in [0, 0.1) is 6.92 Å². The fraction of sp³-hybridized carbons (Fsp3) is 0.400. The fourth-order valence-corrected chi connectivity index (χ4v) is 1.80. The Bertz CT molecular complexity index is 338. The van der Waals surface area contributed by atoms with Gasteiger partial charge in [-0.25, -0.2) is 0 Å². The molecule has 3 heteroatoms. The first kappa shape index (κ1) is 8.88. The van der Waals surface area contributed by atoms with E-state index in [1.165, 1.54) is 11.3 Å². The van der Waals surface area contributed by atoms with Gasteiger partial charge in [-0.2, -0.15) is 0 Å². The Morgan fingerprint density at radius 3 is 3.00 bits per heavy atom. The summed E-state index contributed by atoms with van der Waals surface area (Å²) in [5.41, 5.74) is 2.43. The summed E-state index contributed by atoms with van der Waals surface area (Å²) in [5, 5.41) is 0. The molecule has 0 fully saturated rings. The van der Waals surface area contributed by atoms with Crippen molar-refractivity contribution in [3.05, 3.63) is 22.2 Å². The molecule has 1 aromatic rings. The summed E-state index contributed by atoms with van der Waals surface area (Å²) in [5.74, 6) is 0.978. The maximum absolute atomic E-state index is 5.56. The monoisotopic (exact) mass is 241 g/mol. The number of nitrogens with zero attached hydrogens (tertiary/aromatic N) is 1. The second-order valence-electron chi connectivity index (χ2n) is 3.34. The van der Waals surface area contributed by atoms with E-state index in [-0.39, 0.29) is 0 Å². The third-order valence-corrected chi connectivity index (χ3v) is 3.19. The maximum Gasteiger partial charge on any atom is 0.143 e. The molecule has 13 heavy (non-hydrogen) atoms. The van der Waals surface area contributed by atoms with Gasteiger partial charge in [-0.3, -0.25) is 0 Å². The number of benzene rings is 1. The van der Waals surface area contributed by atoms with Gasteiger partial charge in [0.25, 0.3) is 0 Å². The van der Waals surface area contributed by atoms with E-state index in [9.17, 15) is 0 Å². The van der Waals surface area contributed by atoms with Crippen molar-refractivity contribution in [2.45, 2.75) is 6.92 Å². The van der Waals surface area contributed by atoms with Crippen molar-refractivity contribution in [3.63, 3.8) is 0 Å². The van der Waals surface area contributed by atoms with Crippen molar-refractivity contribution in [2.24, 2.45) is 0 Å². The van der Waals surface area contributed by atoms with Gasteiger partial charge in [0.05, 0.1) is 12.2 Å². The third-order valence-electron chi connectivity index (χ3n) is 2.34. The number of likely N-dealkylation sites (N-methyl/N-ethyl adjacent to an activating group) is 1. The Morgan fingerprint density at radius 2 is 2.23 bits per heavy atom. The molecule has 0 aliphatic carbocycles. The molecule has 0 bridgehead atoms. The van der Waals surface area contributed by atoms with E-state index in [1.54, 1.807) is 0 Å². The molecule has 1 aliphatic heterocycles. The minimum Gasteiger partial charge on any atom is -0.490 e. The molecule has 0 saturated carbocycles. The van der Waals surface area contributed by atoms with Crippen LogP contribution in [0.4, 0.5) is 5.69 Å². The third kappa shape index (κ3) is 1.53. The van der Waals surface area contributed by atoms with Crippen LogP contribution in [0.1, 0.15) is 5.56 Å². The van der Waals surface area contributed by atoms with E-state index in [2.05, 4.69) is 40.9 Å². The molecule has 0 saturated heterocycles. The van der Waals surface area contributed by atoms with Crippen LogP contribution in [0.15, 0.2) is 16.6 Å². The standard InChI is InChI=1S/C10H12BrNO/c1-7-5-9-10(6-8(7)11)13-4-3-12(9)2/h5-6H,3-4H2,1-2H3. The lowest BCUT2D eigenvalue weighted by Crippen LogP contribution is -2.28. The summed E-state index contributed by atoms with van der Waals surface area (Å²) >= 11 is 3.50. The molecule has 0 unspecified atom stereocenters. The molecule has 0 amide bonds. The Labute approximate surface area is 86.6 Å². The molecule has 0 atom stereocenters. The predicted molar refractivity (Wildman–Crippen MR) is 57.6 cm³/mol. The van der Waals surface area contributed by atoms with Crippen molar-refractivity contribution >= 4 is 21.6 Å². The number of halogens is 1. The van der Waals surface area contributed by atoms with Crippen LogP contribution in [0.2, 0.25) is 0 Å². The van der Waals surface area contributed by atoms with Crippen molar-refractivity contribution in [1.82, 2.24) is 0 Å². The minimum atomic E-state index is 0.777. The van der Waals surface area contributed by atoms with Crippen LogP contribution in [0.5, 0.6) is 5.75 Å². The maximum atomic E-state index is 5.56. The summed E-state index contributed by atoms with van der Waals surface area (Å²) in [4.78, 5) is 2.22. The van der Waals surface area contributed by atoms with Crippen molar-refractivity contribution < 1.29 is 4.74 Å². The molecular weight excluding hydrogens is 230 g/mol. The zero-order valence-corrected chi connectivity index (χ0v) is 9.39. The van der Waals surface area contributed by atoms with Gasteiger partial charge in [0.1, 0.15) is 12.4 Å². The molecule has 0 radical (unpaired) electrons. The van der Waals surface area contributed by atoms with Crippen molar-refractivity contribution in [2.75, 3.05) is 25.1 Å². The Kier molecular flexibility index (Phi) is 2.20. The summed E-state index contributed by atoms with van der Waals surface area (Å²) in [6, 6.07) is 4.19. The van der Waals surface area contributed by atoms with E-state index in [0.717, 1.165) is 23.4 Å². The van der Waals surface area contributed by atoms with E-state index >= 15 is 0 Å². The van der Waals surface area contributed by atoms with Crippen LogP contribution < -0.4 is 9.64 Å². The van der Waals surface area contributed by atoms with Gasteiger partial charge in [0.2, 0.25) is 0 Å². The molecule has 1 aromatic carbocycles. The predicted octanol–water partition coefficient (Wildman–Crippen LogP) is 2.59. The molecular formula is C10H12BrNO. The highest BCUT2D eigenvalue weighted by atomic mass is 79.9. The van der Waals surface area contributed by atoms with Gasteiger partial charge < -0.3 is 9.64 Å². The Morgan fingerprint density at radius 1 is 1.46 bits per heavy atom. The highest BCUT2D eigenvalue weighted by molar-refractivity contribution is 9.10. The molecule has 1 heterocycles. The number of fused-ring (bicyclic) bond motifs is 1. The fourth-order valence-electron chi connectivity index (χ4n) is 1.47. The topological polar surface area (TPSA) is 12.5 Å². The lowest BCUT2D eigenvalue weighted by molar-refractivity contribution is 0.311. The molecule has 2 rings (SSSR count). The van der Waals surface area contributed by atoms with Gasteiger partial charge in [0.15, 0.2) is 0 Å². The number of anilines is 1. The van der Waals surface area contributed by atoms with Crippen LogP contribution in [0.25, 0.3) is 0 Å². The molecule has 70 valence electrons. The second kappa shape index (κ2) is 3.22. The summed E-state index contributed by atoms with van der Waals surface area (Å²) in [7, 11) is 2.09. The molecule has 2 nitrogen and oxygen atoms in total. The largest absolute Gasteiger partial charge is 0.490 e. The first-order valence-corrected chi connectivity index (χ1v) is 5.12. The highest BCUT2D eigenvalue weighted by Crippen LogP contribution is 2.35. The average Bonchev–Trinajstić information content (AvgIpc) is 2.09. The lowest BCUT2D eigenvalue weighted by Gasteiger charge is -2.28. The Hall–Kier alpha value is -0.700. The van der Waals surface area contributed by atoms with E-state index in [0.29, 0.717) is 0 Å². The van der Waals surface area contributed by atoms with Crippen LogP contribution in [-0.4, -0.2) is 20.2 Å². The SMILES string of the molecule is Cc1cc2c(cc1Br)OCCN2C. The molecule has 0 spiro atoms. The van der Waals surface area contributed by atoms with Crippen LogP contribution in [-0.2, 0) is 0 Å². The van der Waals surface area contributed by atoms with Crippen molar-refractivity contribution in [3.8, 4) is 5.75 Å². The average molecular weight is 242 g/mol. The molecule has 0 N–H and O–H groups in total. The number of hydrogen-bond acceptors (Lipinski definition) is 2. The van der Waals surface area contributed by atoms with Crippen LogP contribution >= 0.6 is 15.9 Å². The van der Waals surface area contributed by atoms with Gasteiger partial charge in [-0.05, 0) is 24.6 Å². The smallest absolute Gasteiger partial charge is 0.143 e. The minimum absolute atomic E-state index is 0.777. The highest BCUT2D eigenvalue weighted by Gasteiger charge is 2.15. The van der Waals surface area contributed by atoms with Gasteiger partial charge in [0, 0.05) is 11.5 Å².